The molecule has 14 heteroatoms. The first-order valence-corrected chi connectivity index (χ1v) is 11.8. The smallest absolute Gasteiger partial charge is 0.478 e. The van der Waals surface area contributed by atoms with Crippen molar-refractivity contribution in [1.82, 2.24) is 15.3 Å². The molecule has 7 nitrogen and oxygen atoms in total. The monoisotopic (exact) mass is 585 g/mol. The number of nitrogens with zero attached hydrogens (tertiary/aromatic N) is 1. The third kappa shape index (κ3) is 6.82. The third-order valence-electron chi connectivity index (χ3n) is 5.66. The number of halogens is 7. The number of aromatic carboxylic acids is 1. The summed E-state index contributed by atoms with van der Waals surface area (Å²) in [7, 11) is 0. The summed E-state index contributed by atoms with van der Waals surface area (Å²) in [6, 6.07) is 8.41. The summed E-state index contributed by atoms with van der Waals surface area (Å²) >= 11 is 0. The van der Waals surface area contributed by atoms with Gasteiger partial charge in [-0.25, -0.2) is 32.1 Å². The Hall–Kier alpha value is -4.46. The molecule has 0 saturated heterocycles. The molecule has 0 aliphatic carbocycles. The van der Waals surface area contributed by atoms with Gasteiger partial charge < -0.3 is 20.5 Å². The summed E-state index contributed by atoms with van der Waals surface area (Å²) in [4.78, 5) is 27.4. The molecule has 0 unspecified atom stereocenters. The van der Waals surface area contributed by atoms with Crippen molar-refractivity contribution in [3.05, 3.63) is 76.6 Å². The van der Waals surface area contributed by atoms with Crippen LogP contribution in [-0.2, 0) is 11.3 Å². The number of nitrogens with one attached hydrogen (secondary N) is 2. The van der Waals surface area contributed by atoms with Gasteiger partial charge in [-0.3, -0.25) is 0 Å². The number of hydrogen-bond donors (Lipinski definition) is 4. The van der Waals surface area contributed by atoms with Gasteiger partial charge in [-0.05, 0) is 41.8 Å². The van der Waals surface area contributed by atoms with E-state index in [1.54, 1.807) is 19.1 Å². The van der Waals surface area contributed by atoms with Crippen molar-refractivity contribution in [2.24, 2.45) is 0 Å². The molecule has 0 fully saturated rings. The molecule has 4 rings (SSSR count). The summed E-state index contributed by atoms with van der Waals surface area (Å²) in [5, 5.41) is 19.8. The van der Waals surface area contributed by atoms with Crippen molar-refractivity contribution in [2.75, 3.05) is 0 Å². The topological polar surface area (TPSA) is 115 Å². The largest absolute Gasteiger partial charge is 0.490 e. The highest BCUT2D eigenvalue weighted by Gasteiger charge is 2.38. The van der Waals surface area contributed by atoms with Crippen molar-refractivity contribution in [2.45, 2.75) is 39.5 Å². The van der Waals surface area contributed by atoms with E-state index in [9.17, 15) is 23.1 Å². The maximum atomic E-state index is 15.2. The number of fused-ring (bicyclic) bond motifs is 1. The maximum absolute atomic E-state index is 15.2. The van der Waals surface area contributed by atoms with Gasteiger partial charge >= 0.3 is 18.1 Å². The molecule has 0 atom stereocenters. The second-order valence-corrected chi connectivity index (χ2v) is 9.09. The molecular formula is C27H22F7N3O4. The zero-order chi connectivity index (χ0) is 30.8. The minimum absolute atomic E-state index is 0.0201. The number of hydrogen-bond acceptors (Lipinski definition) is 4. The quantitative estimate of drug-likeness (QED) is 0.150. The summed E-state index contributed by atoms with van der Waals surface area (Å²) in [5.74, 6) is -10.2. The van der Waals surface area contributed by atoms with Crippen molar-refractivity contribution < 1.29 is 50.5 Å². The summed E-state index contributed by atoms with van der Waals surface area (Å²) < 4.78 is 92.5. The molecule has 4 N–H and O–H groups in total. The highest BCUT2D eigenvalue weighted by atomic mass is 19.4. The van der Waals surface area contributed by atoms with Crippen LogP contribution < -0.4 is 5.32 Å². The first kappa shape index (κ1) is 31.1. The lowest BCUT2D eigenvalue weighted by molar-refractivity contribution is -0.192. The van der Waals surface area contributed by atoms with Crippen LogP contribution in [0, 0.1) is 30.2 Å². The first-order chi connectivity index (χ1) is 19.0. The van der Waals surface area contributed by atoms with Gasteiger partial charge in [-0.15, -0.1) is 0 Å². The zero-order valence-electron chi connectivity index (χ0n) is 21.6. The van der Waals surface area contributed by atoms with Gasteiger partial charge in [0.05, 0.1) is 22.2 Å². The van der Waals surface area contributed by atoms with Crippen molar-refractivity contribution >= 4 is 23.0 Å². The van der Waals surface area contributed by atoms with Gasteiger partial charge in [0, 0.05) is 12.6 Å². The molecule has 0 saturated carbocycles. The van der Waals surface area contributed by atoms with Gasteiger partial charge in [0.25, 0.3) is 0 Å². The van der Waals surface area contributed by atoms with E-state index in [-0.39, 0.29) is 33.8 Å². The predicted molar refractivity (Wildman–Crippen MR) is 134 cm³/mol. The van der Waals surface area contributed by atoms with Crippen LogP contribution >= 0.6 is 0 Å². The average molecular weight is 585 g/mol. The third-order valence-corrected chi connectivity index (χ3v) is 5.66. The lowest BCUT2D eigenvalue weighted by Gasteiger charge is -2.14. The van der Waals surface area contributed by atoms with Gasteiger partial charge in [0.15, 0.2) is 23.3 Å². The van der Waals surface area contributed by atoms with E-state index in [1.807, 2.05) is 13.8 Å². The number of carbonyl (C=O) groups is 2. The van der Waals surface area contributed by atoms with Crippen LogP contribution in [0.15, 0.2) is 36.4 Å². The number of rotatable bonds is 6. The van der Waals surface area contributed by atoms with Crippen LogP contribution in [0.1, 0.15) is 35.6 Å². The van der Waals surface area contributed by atoms with E-state index in [0.29, 0.717) is 17.9 Å². The van der Waals surface area contributed by atoms with E-state index >= 15 is 17.6 Å². The Labute approximate surface area is 227 Å². The van der Waals surface area contributed by atoms with Crippen molar-refractivity contribution in [3.63, 3.8) is 0 Å². The second-order valence-electron chi connectivity index (χ2n) is 9.09. The number of aromatic amines is 1. The highest BCUT2D eigenvalue weighted by Crippen LogP contribution is 2.38. The number of aryl methyl sites for hydroxylation is 1. The molecule has 3 aromatic carbocycles. The molecule has 0 amide bonds. The minimum Gasteiger partial charge on any atom is -0.478 e. The van der Waals surface area contributed by atoms with Crippen LogP contribution in [0.4, 0.5) is 30.7 Å². The van der Waals surface area contributed by atoms with Gasteiger partial charge in [-0.2, -0.15) is 13.2 Å². The molecule has 0 radical (unpaired) electrons. The lowest BCUT2D eigenvalue weighted by Crippen LogP contribution is -2.21. The Morgan fingerprint density at radius 2 is 1.46 bits per heavy atom. The number of alkyl halides is 3. The fourth-order valence-corrected chi connectivity index (χ4v) is 3.85. The molecule has 41 heavy (non-hydrogen) atoms. The zero-order valence-corrected chi connectivity index (χ0v) is 21.6. The van der Waals surface area contributed by atoms with E-state index in [0.717, 1.165) is 6.07 Å². The Morgan fingerprint density at radius 1 is 0.927 bits per heavy atom. The number of carboxylic acid groups (broad SMARTS) is 2. The Morgan fingerprint density at radius 3 is 1.95 bits per heavy atom. The van der Waals surface area contributed by atoms with Crippen LogP contribution in [0.2, 0.25) is 0 Å². The number of imidazole rings is 1. The maximum Gasteiger partial charge on any atom is 0.490 e. The lowest BCUT2D eigenvalue weighted by atomic mass is 9.95. The average Bonchev–Trinajstić information content (AvgIpc) is 3.26. The summed E-state index contributed by atoms with van der Waals surface area (Å²) in [5.41, 5.74) is -1.61. The molecule has 1 aromatic heterocycles. The summed E-state index contributed by atoms with van der Waals surface area (Å²) in [6.45, 7) is 5.85. The molecule has 4 aromatic rings. The van der Waals surface area contributed by atoms with E-state index in [2.05, 4.69) is 15.3 Å². The van der Waals surface area contributed by atoms with Crippen LogP contribution in [-0.4, -0.2) is 44.3 Å². The Kier molecular flexibility index (Phi) is 9.06. The molecule has 218 valence electrons. The molecule has 0 bridgehead atoms. The van der Waals surface area contributed by atoms with Crippen molar-refractivity contribution in [3.8, 4) is 22.3 Å². The molecular weight excluding hydrogens is 563 g/mol. The SMILES string of the molecule is Cc1nc2c(C(=O)O)cc(-c3c(F)c(F)c(-c4cccc(CNC(C)C)c4)c(F)c3F)cc2[nH]1.O=C(O)C(F)(F)F. The van der Waals surface area contributed by atoms with Crippen LogP contribution in [0.5, 0.6) is 0 Å². The number of benzene rings is 3. The highest BCUT2D eigenvalue weighted by molar-refractivity contribution is 6.03. The summed E-state index contributed by atoms with van der Waals surface area (Å²) in [6.07, 6.45) is -5.08. The fraction of sp³-hybridized carbons (Fsp3) is 0.222. The molecule has 1 heterocycles. The number of carboxylic acids is 2. The van der Waals surface area contributed by atoms with E-state index in [4.69, 9.17) is 9.90 Å². The van der Waals surface area contributed by atoms with Crippen LogP contribution in [0.3, 0.4) is 0 Å². The normalized spacial score (nSPS) is 11.5. The minimum atomic E-state index is -5.08. The Balaban J connectivity index is 0.000000587. The van der Waals surface area contributed by atoms with E-state index < -0.39 is 52.5 Å². The van der Waals surface area contributed by atoms with E-state index in [1.165, 1.54) is 18.2 Å². The Bertz CT molecular complexity index is 1600. The van der Waals surface area contributed by atoms with Crippen molar-refractivity contribution in [1.29, 1.82) is 0 Å². The number of aliphatic carboxylic acids is 1. The van der Waals surface area contributed by atoms with Crippen LogP contribution in [0.25, 0.3) is 33.3 Å². The predicted octanol–water partition coefficient (Wildman–Crippen LogP) is 6.59. The fourth-order valence-electron chi connectivity index (χ4n) is 3.85. The van der Waals surface area contributed by atoms with Gasteiger partial charge in [-0.1, -0.05) is 32.0 Å². The molecule has 0 aliphatic rings. The van der Waals surface area contributed by atoms with Gasteiger partial charge in [0.2, 0.25) is 0 Å². The van der Waals surface area contributed by atoms with Gasteiger partial charge in [0.1, 0.15) is 11.3 Å². The number of aromatic nitrogens is 2. The second kappa shape index (κ2) is 12.0. The molecule has 0 spiro atoms. The standard InChI is InChI=1S/C25H21F4N3O2.C2HF3O2/c1-11(2)30-10-13-5-4-6-14(7-13)18-20(26)22(28)19(23(29)21(18)27)15-8-16(25(33)34)24-17(9-15)31-12(3)32-24;3-2(4,5)1(6)7/h4-9,11,30H,10H2,1-3H3,(H,31,32)(H,33,34);(H,6,7). The molecule has 0 aliphatic heterocycles. The number of H-pyrrole nitrogens is 1. The first-order valence-electron chi connectivity index (χ1n) is 11.8.